The minimum absolute atomic E-state index is 0.0144. The largest absolute Gasteiger partial charge is 0.344 e. The average Bonchev–Trinajstić information content (AvgIpc) is 2.37. The molecule has 114 valence electrons. The van der Waals surface area contributed by atoms with Crippen LogP contribution in [-0.4, -0.2) is 60.4 Å². The Labute approximate surface area is 121 Å². The molecule has 2 rings (SSSR count). The van der Waals surface area contributed by atoms with Gasteiger partial charge in [0.25, 0.3) is 0 Å². The third-order valence-electron chi connectivity index (χ3n) is 4.11. The van der Waals surface area contributed by atoms with Gasteiger partial charge in [0.15, 0.2) is 0 Å². The van der Waals surface area contributed by atoms with Gasteiger partial charge in [0.05, 0.1) is 0 Å². The van der Waals surface area contributed by atoms with Gasteiger partial charge in [-0.1, -0.05) is 20.8 Å². The molecule has 2 saturated heterocycles. The van der Waals surface area contributed by atoms with Crippen LogP contribution < -0.4 is 5.32 Å². The van der Waals surface area contributed by atoms with E-state index in [0.717, 1.165) is 39.1 Å². The summed E-state index contributed by atoms with van der Waals surface area (Å²) in [7, 11) is 0. The van der Waals surface area contributed by atoms with Crippen molar-refractivity contribution in [2.24, 2.45) is 11.8 Å². The van der Waals surface area contributed by atoms with Crippen molar-refractivity contribution >= 4 is 11.8 Å². The van der Waals surface area contributed by atoms with E-state index < -0.39 is 0 Å². The highest BCUT2D eigenvalue weighted by Gasteiger charge is 2.33. The summed E-state index contributed by atoms with van der Waals surface area (Å²) in [5.41, 5.74) is 0. The van der Waals surface area contributed by atoms with Gasteiger partial charge in [-0.25, -0.2) is 0 Å². The average molecular weight is 281 g/mol. The van der Waals surface area contributed by atoms with Crippen molar-refractivity contribution in [3.05, 3.63) is 0 Å². The van der Waals surface area contributed by atoms with Crippen LogP contribution in [0.3, 0.4) is 0 Å². The molecular formula is C15H27N3O2. The molecule has 0 spiro atoms. The number of piperazine rings is 1. The summed E-state index contributed by atoms with van der Waals surface area (Å²) < 4.78 is 0. The Morgan fingerprint density at radius 3 is 2.50 bits per heavy atom. The van der Waals surface area contributed by atoms with Crippen LogP contribution in [-0.2, 0) is 9.59 Å². The third-order valence-corrected chi connectivity index (χ3v) is 4.11. The first-order valence-corrected chi connectivity index (χ1v) is 7.76. The number of piperidine rings is 1. The van der Waals surface area contributed by atoms with Crippen LogP contribution in [0.15, 0.2) is 0 Å². The first kappa shape index (κ1) is 15.3. The summed E-state index contributed by atoms with van der Waals surface area (Å²) in [6, 6.07) is -0.303. The standard InChI is InChI=1S/C15H27N3O2/c1-11(2)10-17-4-6-18(7-5-17)15(20)13-8-12(3)9-14(19)16-13/h11-13H,4-10H2,1-3H3,(H,16,19)/t12-,13-/m0/s1. The highest BCUT2D eigenvalue weighted by molar-refractivity contribution is 5.89. The molecule has 2 aliphatic heterocycles. The molecule has 2 aliphatic rings. The molecule has 0 bridgehead atoms. The summed E-state index contributed by atoms with van der Waals surface area (Å²) in [6.07, 6.45) is 1.32. The number of hydrogen-bond donors (Lipinski definition) is 1. The molecule has 20 heavy (non-hydrogen) atoms. The van der Waals surface area contributed by atoms with E-state index in [9.17, 15) is 9.59 Å². The molecule has 0 radical (unpaired) electrons. The molecule has 2 heterocycles. The molecule has 0 aliphatic carbocycles. The summed E-state index contributed by atoms with van der Waals surface area (Å²) in [4.78, 5) is 28.3. The topological polar surface area (TPSA) is 52.7 Å². The van der Waals surface area contributed by atoms with Crippen molar-refractivity contribution in [3.8, 4) is 0 Å². The molecule has 1 N–H and O–H groups in total. The first-order valence-electron chi connectivity index (χ1n) is 7.76. The van der Waals surface area contributed by atoms with E-state index in [4.69, 9.17) is 0 Å². The molecule has 0 aromatic carbocycles. The number of rotatable bonds is 3. The van der Waals surface area contributed by atoms with Crippen LogP contribution in [0.4, 0.5) is 0 Å². The van der Waals surface area contributed by atoms with Gasteiger partial charge in [-0.3, -0.25) is 14.5 Å². The molecule has 0 saturated carbocycles. The zero-order chi connectivity index (χ0) is 14.7. The van der Waals surface area contributed by atoms with E-state index in [2.05, 4.69) is 24.1 Å². The van der Waals surface area contributed by atoms with Gasteiger partial charge in [-0.15, -0.1) is 0 Å². The van der Waals surface area contributed by atoms with E-state index in [0.29, 0.717) is 18.3 Å². The van der Waals surface area contributed by atoms with Crippen molar-refractivity contribution in [1.29, 1.82) is 0 Å². The van der Waals surface area contributed by atoms with Crippen LogP contribution in [0.5, 0.6) is 0 Å². The van der Waals surface area contributed by atoms with E-state index in [1.807, 2.05) is 11.8 Å². The predicted molar refractivity (Wildman–Crippen MR) is 78.2 cm³/mol. The molecule has 0 aromatic heterocycles. The fraction of sp³-hybridized carbons (Fsp3) is 0.867. The molecule has 0 aromatic rings. The van der Waals surface area contributed by atoms with Crippen LogP contribution in [0.25, 0.3) is 0 Å². The highest BCUT2D eigenvalue weighted by Crippen LogP contribution is 2.18. The maximum atomic E-state index is 12.5. The van der Waals surface area contributed by atoms with Crippen molar-refractivity contribution < 1.29 is 9.59 Å². The summed E-state index contributed by atoms with van der Waals surface area (Å²) in [5.74, 6) is 1.09. The van der Waals surface area contributed by atoms with Crippen molar-refractivity contribution in [3.63, 3.8) is 0 Å². The van der Waals surface area contributed by atoms with Gasteiger partial charge in [0, 0.05) is 39.1 Å². The fourth-order valence-electron chi connectivity index (χ4n) is 3.16. The normalized spacial score (nSPS) is 28.6. The van der Waals surface area contributed by atoms with Gasteiger partial charge in [0.2, 0.25) is 11.8 Å². The van der Waals surface area contributed by atoms with Crippen LogP contribution >= 0.6 is 0 Å². The molecule has 0 unspecified atom stereocenters. The summed E-state index contributed by atoms with van der Waals surface area (Å²) in [6.45, 7) is 11.0. The second kappa shape index (κ2) is 6.57. The Bertz CT molecular complexity index is 362. The minimum Gasteiger partial charge on any atom is -0.344 e. The smallest absolute Gasteiger partial charge is 0.245 e. The molecule has 2 amide bonds. The van der Waals surface area contributed by atoms with Crippen LogP contribution in [0.1, 0.15) is 33.6 Å². The van der Waals surface area contributed by atoms with Crippen LogP contribution in [0, 0.1) is 11.8 Å². The molecule has 5 nitrogen and oxygen atoms in total. The lowest BCUT2D eigenvalue weighted by Crippen LogP contribution is -2.57. The number of hydrogen-bond acceptors (Lipinski definition) is 3. The third kappa shape index (κ3) is 3.95. The SMILES string of the molecule is CC(C)CN1CCN(C(=O)[C@@H]2C[C@H](C)CC(=O)N2)CC1. The Kier molecular flexibility index (Phi) is 5.02. The van der Waals surface area contributed by atoms with Gasteiger partial charge in [-0.2, -0.15) is 0 Å². The van der Waals surface area contributed by atoms with Crippen molar-refractivity contribution in [2.75, 3.05) is 32.7 Å². The number of nitrogens with zero attached hydrogens (tertiary/aromatic N) is 2. The summed E-state index contributed by atoms with van der Waals surface area (Å²) in [5, 5.41) is 2.84. The van der Waals surface area contributed by atoms with Crippen LogP contribution in [0.2, 0.25) is 0 Å². The number of amides is 2. The molecule has 5 heteroatoms. The fourth-order valence-corrected chi connectivity index (χ4v) is 3.16. The van der Waals surface area contributed by atoms with E-state index in [1.54, 1.807) is 0 Å². The monoisotopic (exact) mass is 281 g/mol. The lowest BCUT2D eigenvalue weighted by atomic mass is 9.93. The van der Waals surface area contributed by atoms with Crippen molar-refractivity contribution in [1.82, 2.24) is 15.1 Å². The van der Waals surface area contributed by atoms with Crippen molar-refractivity contribution in [2.45, 2.75) is 39.7 Å². The zero-order valence-electron chi connectivity index (χ0n) is 12.9. The van der Waals surface area contributed by atoms with Gasteiger partial charge < -0.3 is 10.2 Å². The lowest BCUT2D eigenvalue weighted by Gasteiger charge is -2.38. The quantitative estimate of drug-likeness (QED) is 0.828. The predicted octanol–water partition coefficient (Wildman–Crippen LogP) is 0.701. The lowest BCUT2D eigenvalue weighted by molar-refractivity contribution is -0.140. The van der Waals surface area contributed by atoms with Gasteiger partial charge >= 0.3 is 0 Å². The minimum atomic E-state index is -0.303. The molecule has 2 atom stereocenters. The summed E-state index contributed by atoms with van der Waals surface area (Å²) >= 11 is 0. The Morgan fingerprint density at radius 1 is 1.30 bits per heavy atom. The second-order valence-electron chi connectivity index (χ2n) is 6.68. The van der Waals surface area contributed by atoms with E-state index >= 15 is 0 Å². The zero-order valence-corrected chi connectivity index (χ0v) is 12.9. The highest BCUT2D eigenvalue weighted by atomic mass is 16.2. The Morgan fingerprint density at radius 2 is 1.95 bits per heavy atom. The first-order chi connectivity index (χ1) is 9.45. The maximum Gasteiger partial charge on any atom is 0.245 e. The number of carbonyl (C=O) groups is 2. The number of carbonyl (C=O) groups excluding carboxylic acids is 2. The molecular weight excluding hydrogens is 254 g/mol. The van der Waals surface area contributed by atoms with E-state index in [1.165, 1.54) is 0 Å². The Hall–Kier alpha value is -1.10. The Balaban J connectivity index is 1.83. The van der Waals surface area contributed by atoms with Gasteiger partial charge in [-0.05, 0) is 18.3 Å². The second-order valence-corrected chi connectivity index (χ2v) is 6.68. The van der Waals surface area contributed by atoms with E-state index in [-0.39, 0.29) is 17.9 Å². The number of nitrogens with one attached hydrogen (secondary N) is 1. The van der Waals surface area contributed by atoms with Gasteiger partial charge in [0.1, 0.15) is 6.04 Å². The maximum absolute atomic E-state index is 12.5. The molecule has 2 fully saturated rings.